The summed E-state index contributed by atoms with van der Waals surface area (Å²) >= 11 is 0. The molecular weight excluding hydrogens is 472 g/mol. The van der Waals surface area contributed by atoms with Crippen LogP contribution < -0.4 is 26.0 Å². The van der Waals surface area contributed by atoms with E-state index >= 15 is 0 Å². The molecule has 1 aromatic carbocycles. The van der Waals surface area contributed by atoms with Gasteiger partial charge in [-0.3, -0.25) is 14.4 Å². The third-order valence-electron chi connectivity index (χ3n) is 5.86. The number of carbonyl (C=O) groups is 3. The van der Waals surface area contributed by atoms with Crippen molar-refractivity contribution in [2.75, 3.05) is 31.6 Å². The Morgan fingerprint density at radius 3 is 2.05 bits per heavy atom. The van der Waals surface area contributed by atoms with Crippen LogP contribution in [0.3, 0.4) is 0 Å². The van der Waals surface area contributed by atoms with Crippen LogP contribution in [0.25, 0.3) is 0 Å². The largest absolute Gasteiger partial charge is 0.494 e. The van der Waals surface area contributed by atoms with Gasteiger partial charge in [0.15, 0.2) is 6.17 Å². The molecule has 1 unspecified atom stereocenters. The maximum atomic E-state index is 12.2. The molecule has 3 amide bonds. The number of hydrogen-bond donors (Lipinski definition) is 5. The van der Waals surface area contributed by atoms with Gasteiger partial charge in [0.25, 0.3) is 5.91 Å². The molecule has 9 nitrogen and oxygen atoms in total. The Morgan fingerprint density at radius 1 is 0.838 bits per heavy atom. The number of ether oxygens (including phenoxy) is 1. The molecule has 0 aliphatic rings. The highest BCUT2D eigenvalue weighted by atomic mass is 16.5. The fourth-order valence-corrected chi connectivity index (χ4v) is 3.82. The van der Waals surface area contributed by atoms with Gasteiger partial charge in [0.1, 0.15) is 5.75 Å². The molecular formula is C28H48N4O5. The lowest BCUT2D eigenvalue weighted by molar-refractivity contribution is -0.127. The number of rotatable bonds is 22. The lowest BCUT2D eigenvalue weighted by Crippen LogP contribution is -2.51. The first-order valence-electron chi connectivity index (χ1n) is 13.9. The molecule has 0 saturated carbocycles. The first kappa shape index (κ1) is 32.2. The number of benzene rings is 1. The van der Waals surface area contributed by atoms with Crippen molar-refractivity contribution in [2.24, 2.45) is 0 Å². The molecule has 37 heavy (non-hydrogen) atoms. The van der Waals surface area contributed by atoms with Crippen LogP contribution in [0.4, 0.5) is 5.69 Å². The molecule has 0 saturated heterocycles. The maximum Gasteiger partial charge on any atom is 0.263 e. The van der Waals surface area contributed by atoms with Gasteiger partial charge in [0, 0.05) is 32.1 Å². The Balaban J connectivity index is 2.15. The van der Waals surface area contributed by atoms with Gasteiger partial charge in [0.2, 0.25) is 11.8 Å². The highest BCUT2D eigenvalue weighted by molar-refractivity contribution is 5.88. The summed E-state index contributed by atoms with van der Waals surface area (Å²) in [6.07, 6.45) is 12.9. The highest BCUT2D eigenvalue weighted by Gasteiger charge is 2.18. The van der Waals surface area contributed by atoms with Gasteiger partial charge < -0.3 is 31.1 Å². The van der Waals surface area contributed by atoms with Crippen molar-refractivity contribution in [2.45, 2.75) is 97.1 Å². The molecule has 0 spiro atoms. The van der Waals surface area contributed by atoms with Crippen molar-refractivity contribution >= 4 is 23.4 Å². The first-order valence-corrected chi connectivity index (χ1v) is 13.9. The van der Waals surface area contributed by atoms with Gasteiger partial charge in [-0.25, -0.2) is 0 Å². The summed E-state index contributed by atoms with van der Waals surface area (Å²) in [5, 5.41) is 19.8. The number of carbonyl (C=O) groups excluding carboxylic acids is 3. The number of anilines is 1. The fraction of sp³-hybridized carbons (Fsp3) is 0.679. The van der Waals surface area contributed by atoms with E-state index in [1.165, 1.54) is 64.7 Å². The van der Waals surface area contributed by atoms with E-state index in [1.54, 1.807) is 24.3 Å². The molecule has 0 radical (unpaired) electrons. The Labute approximate surface area is 222 Å². The van der Waals surface area contributed by atoms with Crippen molar-refractivity contribution in [1.82, 2.24) is 16.0 Å². The second-order valence-corrected chi connectivity index (χ2v) is 9.30. The van der Waals surface area contributed by atoms with Crippen LogP contribution in [0.5, 0.6) is 5.75 Å². The van der Waals surface area contributed by atoms with E-state index in [-0.39, 0.29) is 25.0 Å². The number of aliphatic hydroxyl groups is 1. The molecule has 0 aliphatic heterocycles. The number of unbranched alkanes of at least 4 members (excludes halogenated alkanes) is 9. The number of amides is 3. The Morgan fingerprint density at radius 2 is 1.46 bits per heavy atom. The third-order valence-corrected chi connectivity index (χ3v) is 5.86. The number of hydrogen-bond acceptors (Lipinski definition) is 6. The highest BCUT2D eigenvalue weighted by Crippen LogP contribution is 2.17. The summed E-state index contributed by atoms with van der Waals surface area (Å²) in [7, 11) is 0. The lowest BCUT2D eigenvalue weighted by atomic mass is 10.1. The van der Waals surface area contributed by atoms with Gasteiger partial charge in [-0.1, -0.05) is 64.7 Å². The second kappa shape index (κ2) is 21.3. The predicted octanol–water partition coefficient (Wildman–Crippen LogP) is 3.87. The molecule has 0 aromatic heterocycles. The average molecular weight is 521 g/mol. The molecule has 9 heteroatoms. The Kier molecular flexibility index (Phi) is 18.5. The van der Waals surface area contributed by atoms with Gasteiger partial charge in [-0.2, -0.15) is 0 Å². The SMILES string of the molecule is CCCCCCCCCCCCNC(=O)CCCOc1ccc(NC(NC(C)=O)C(=O)NCCO)cc1. The van der Waals surface area contributed by atoms with Crippen molar-refractivity contribution in [3.8, 4) is 5.75 Å². The number of aliphatic hydroxyl groups excluding tert-OH is 1. The van der Waals surface area contributed by atoms with Crippen LogP contribution in [0.1, 0.15) is 90.9 Å². The number of nitrogens with one attached hydrogen (secondary N) is 4. The monoisotopic (exact) mass is 520 g/mol. The van der Waals surface area contributed by atoms with E-state index in [0.29, 0.717) is 30.9 Å². The minimum Gasteiger partial charge on any atom is -0.494 e. The zero-order valence-corrected chi connectivity index (χ0v) is 22.8. The zero-order valence-electron chi connectivity index (χ0n) is 22.8. The van der Waals surface area contributed by atoms with Crippen LogP contribution in [0.15, 0.2) is 24.3 Å². The standard InChI is InChI=1S/C28H48N4O5/c1-3-4-5-6-7-8-9-10-11-12-19-29-26(35)14-13-22-37-25-17-15-24(16-18-25)32-27(31-23(2)34)28(36)30-20-21-33/h15-18,27,32-33H,3-14,19-22H2,1-2H3,(H,29,35)(H,30,36)(H,31,34). The van der Waals surface area contributed by atoms with E-state index in [1.807, 2.05) is 0 Å². The van der Waals surface area contributed by atoms with Gasteiger partial charge >= 0.3 is 0 Å². The zero-order chi connectivity index (χ0) is 27.1. The minimum atomic E-state index is -0.963. The van der Waals surface area contributed by atoms with E-state index in [4.69, 9.17) is 9.84 Å². The second-order valence-electron chi connectivity index (χ2n) is 9.30. The van der Waals surface area contributed by atoms with E-state index in [0.717, 1.165) is 13.0 Å². The molecule has 1 rings (SSSR count). The summed E-state index contributed by atoms with van der Waals surface area (Å²) in [4.78, 5) is 35.6. The van der Waals surface area contributed by atoms with Crippen molar-refractivity contribution < 1.29 is 24.2 Å². The predicted molar refractivity (Wildman–Crippen MR) is 147 cm³/mol. The summed E-state index contributed by atoms with van der Waals surface area (Å²) < 4.78 is 5.71. The van der Waals surface area contributed by atoms with Crippen LogP contribution in [-0.2, 0) is 14.4 Å². The molecule has 0 fully saturated rings. The summed E-state index contributed by atoms with van der Waals surface area (Å²) in [5.74, 6) is -0.0974. The van der Waals surface area contributed by atoms with Crippen LogP contribution in [-0.4, -0.2) is 55.3 Å². The smallest absolute Gasteiger partial charge is 0.263 e. The molecule has 210 valence electrons. The van der Waals surface area contributed by atoms with Crippen LogP contribution >= 0.6 is 0 Å². The van der Waals surface area contributed by atoms with E-state index < -0.39 is 12.1 Å². The Bertz CT molecular complexity index is 757. The molecule has 1 atom stereocenters. The summed E-state index contributed by atoms with van der Waals surface area (Å²) in [5.41, 5.74) is 0.622. The molecule has 0 bridgehead atoms. The van der Waals surface area contributed by atoms with Crippen LogP contribution in [0.2, 0.25) is 0 Å². The summed E-state index contributed by atoms with van der Waals surface area (Å²) in [6, 6.07) is 6.99. The molecule has 1 aromatic rings. The fourth-order valence-electron chi connectivity index (χ4n) is 3.82. The quantitative estimate of drug-likeness (QED) is 0.117. The lowest BCUT2D eigenvalue weighted by Gasteiger charge is -2.20. The van der Waals surface area contributed by atoms with Crippen molar-refractivity contribution in [3.05, 3.63) is 24.3 Å². The third kappa shape index (κ3) is 17.3. The molecule has 0 aliphatic carbocycles. The van der Waals surface area contributed by atoms with E-state index in [9.17, 15) is 14.4 Å². The van der Waals surface area contributed by atoms with Gasteiger partial charge in [0.05, 0.1) is 13.2 Å². The molecule has 0 heterocycles. The Hall–Kier alpha value is -2.81. The van der Waals surface area contributed by atoms with Gasteiger partial charge in [-0.15, -0.1) is 0 Å². The molecule has 5 N–H and O–H groups in total. The first-order chi connectivity index (χ1) is 18.0. The normalized spacial score (nSPS) is 11.4. The van der Waals surface area contributed by atoms with E-state index in [2.05, 4.69) is 28.2 Å². The summed E-state index contributed by atoms with van der Waals surface area (Å²) in [6.45, 7) is 4.64. The topological polar surface area (TPSA) is 129 Å². The van der Waals surface area contributed by atoms with Crippen molar-refractivity contribution in [3.63, 3.8) is 0 Å². The van der Waals surface area contributed by atoms with Crippen LogP contribution in [0, 0.1) is 0 Å². The van der Waals surface area contributed by atoms with Crippen molar-refractivity contribution in [1.29, 1.82) is 0 Å². The minimum absolute atomic E-state index is 0.0579. The average Bonchev–Trinajstić information content (AvgIpc) is 2.88. The maximum absolute atomic E-state index is 12.2. The van der Waals surface area contributed by atoms with Gasteiger partial charge in [-0.05, 0) is 37.1 Å².